The van der Waals surface area contributed by atoms with Gasteiger partial charge in [-0.05, 0) is 12.1 Å². The van der Waals surface area contributed by atoms with Gasteiger partial charge < -0.3 is 9.80 Å². The number of hydrogen-bond acceptors (Lipinski definition) is 7. The quantitative estimate of drug-likeness (QED) is 0.527. The van der Waals surface area contributed by atoms with Gasteiger partial charge in [0.2, 0.25) is 0 Å². The van der Waals surface area contributed by atoms with Gasteiger partial charge in [-0.15, -0.1) is 0 Å². The number of H-pyrrole nitrogens is 1. The van der Waals surface area contributed by atoms with E-state index < -0.39 is 9.85 Å². The Kier molecular flexibility index (Phi) is 4.55. The number of nitro benzene ring substituents is 2. The number of anilines is 1. The van der Waals surface area contributed by atoms with E-state index in [-0.39, 0.29) is 23.0 Å². The summed E-state index contributed by atoms with van der Waals surface area (Å²) in [6.45, 7) is 1.57. The highest BCUT2D eigenvalue weighted by Gasteiger charge is 2.28. The molecule has 1 aromatic heterocycles. The molecule has 2 heterocycles. The molecule has 0 aliphatic carbocycles. The molecule has 0 bridgehead atoms. The van der Waals surface area contributed by atoms with Crippen molar-refractivity contribution in [2.75, 3.05) is 31.1 Å². The number of piperazine rings is 1. The number of benzene rings is 2. The van der Waals surface area contributed by atoms with Gasteiger partial charge in [-0.2, -0.15) is 5.10 Å². The van der Waals surface area contributed by atoms with Crippen molar-refractivity contribution in [3.63, 3.8) is 0 Å². The molecule has 4 rings (SSSR count). The fourth-order valence-corrected chi connectivity index (χ4v) is 3.46. The van der Waals surface area contributed by atoms with Crippen LogP contribution in [0.15, 0.2) is 42.5 Å². The summed E-state index contributed by atoms with van der Waals surface area (Å²) in [5.41, 5.74) is 1.10. The molecule has 0 saturated carbocycles. The maximum atomic E-state index is 12.9. The number of carbonyl (C=O) groups is 1. The minimum atomic E-state index is -0.522. The Labute approximate surface area is 163 Å². The standard InChI is InChI=1S/C18H16N6O5/c25-18(17-13-11-12(23(26)27)5-6-14(13)19-20-17)22-9-7-21(8-10-22)15-3-1-2-4-16(15)24(28)29/h1-6,11H,7-10H2,(H,19,20). The highest BCUT2D eigenvalue weighted by Crippen LogP contribution is 2.29. The van der Waals surface area contributed by atoms with E-state index in [0.717, 1.165) is 0 Å². The number of aromatic amines is 1. The summed E-state index contributed by atoms with van der Waals surface area (Å²) in [6.07, 6.45) is 0. The third-order valence-electron chi connectivity index (χ3n) is 4.95. The van der Waals surface area contributed by atoms with Gasteiger partial charge in [-0.1, -0.05) is 12.1 Å². The maximum absolute atomic E-state index is 12.9. The molecule has 1 N–H and O–H groups in total. The second-order valence-corrected chi connectivity index (χ2v) is 6.58. The monoisotopic (exact) mass is 396 g/mol. The van der Waals surface area contributed by atoms with E-state index in [2.05, 4.69) is 10.2 Å². The Bertz CT molecular complexity index is 1120. The molecule has 0 atom stereocenters. The van der Waals surface area contributed by atoms with Crippen LogP contribution < -0.4 is 4.90 Å². The predicted molar refractivity (Wildman–Crippen MR) is 104 cm³/mol. The van der Waals surface area contributed by atoms with Crippen LogP contribution in [0.25, 0.3) is 10.9 Å². The molecule has 148 valence electrons. The lowest BCUT2D eigenvalue weighted by atomic mass is 10.1. The normalized spacial score (nSPS) is 14.2. The van der Waals surface area contributed by atoms with E-state index in [1.165, 1.54) is 24.3 Å². The number of nitro groups is 2. The van der Waals surface area contributed by atoms with Gasteiger partial charge in [-0.25, -0.2) is 0 Å². The molecule has 0 radical (unpaired) electrons. The van der Waals surface area contributed by atoms with Crippen LogP contribution in [0.2, 0.25) is 0 Å². The molecule has 1 amide bonds. The van der Waals surface area contributed by atoms with Crippen LogP contribution >= 0.6 is 0 Å². The second kappa shape index (κ2) is 7.19. The van der Waals surface area contributed by atoms with Crippen molar-refractivity contribution in [1.82, 2.24) is 15.1 Å². The van der Waals surface area contributed by atoms with Gasteiger partial charge in [0.1, 0.15) is 5.69 Å². The van der Waals surface area contributed by atoms with Crippen LogP contribution in [0.1, 0.15) is 10.5 Å². The lowest BCUT2D eigenvalue weighted by Crippen LogP contribution is -2.49. The Morgan fingerprint density at radius 3 is 2.41 bits per heavy atom. The Balaban J connectivity index is 1.53. The molecule has 0 unspecified atom stereocenters. The summed E-state index contributed by atoms with van der Waals surface area (Å²) in [7, 11) is 0. The number of rotatable bonds is 4. The van der Waals surface area contributed by atoms with Gasteiger partial charge in [0.25, 0.3) is 17.3 Å². The zero-order valence-corrected chi connectivity index (χ0v) is 15.1. The van der Waals surface area contributed by atoms with E-state index in [1.807, 2.05) is 4.90 Å². The van der Waals surface area contributed by atoms with E-state index in [4.69, 9.17) is 0 Å². The molecule has 11 heteroatoms. The lowest BCUT2D eigenvalue weighted by molar-refractivity contribution is -0.384. The maximum Gasteiger partial charge on any atom is 0.292 e. The first kappa shape index (κ1) is 18.3. The molecule has 1 aliphatic heterocycles. The summed E-state index contributed by atoms with van der Waals surface area (Å²) in [6, 6.07) is 10.7. The number of amides is 1. The average Bonchev–Trinajstić information content (AvgIpc) is 3.16. The zero-order valence-electron chi connectivity index (χ0n) is 15.1. The number of para-hydroxylation sites is 2. The number of aromatic nitrogens is 2. The van der Waals surface area contributed by atoms with Crippen LogP contribution in [0.3, 0.4) is 0 Å². The molecule has 0 spiro atoms. The van der Waals surface area contributed by atoms with E-state index >= 15 is 0 Å². The first-order valence-electron chi connectivity index (χ1n) is 8.86. The van der Waals surface area contributed by atoms with E-state index in [9.17, 15) is 25.0 Å². The zero-order chi connectivity index (χ0) is 20.5. The number of carbonyl (C=O) groups excluding carboxylic acids is 1. The van der Waals surface area contributed by atoms with Crippen molar-refractivity contribution in [3.05, 3.63) is 68.4 Å². The third-order valence-corrected chi connectivity index (χ3v) is 4.95. The van der Waals surface area contributed by atoms with Crippen molar-refractivity contribution < 1.29 is 14.6 Å². The summed E-state index contributed by atoms with van der Waals surface area (Å²) < 4.78 is 0. The van der Waals surface area contributed by atoms with Gasteiger partial charge >= 0.3 is 0 Å². The third kappa shape index (κ3) is 3.33. The largest absolute Gasteiger partial charge is 0.362 e. The van der Waals surface area contributed by atoms with Crippen LogP contribution in [-0.4, -0.2) is 57.0 Å². The fourth-order valence-electron chi connectivity index (χ4n) is 3.46. The molecule has 29 heavy (non-hydrogen) atoms. The van der Waals surface area contributed by atoms with Gasteiger partial charge in [-0.3, -0.25) is 30.1 Å². The van der Waals surface area contributed by atoms with Gasteiger partial charge in [0.15, 0.2) is 5.69 Å². The number of fused-ring (bicyclic) bond motifs is 1. The second-order valence-electron chi connectivity index (χ2n) is 6.58. The van der Waals surface area contributed by atoms with Crippen molar-refractivity contribution in [2.24, 2.45) is 0 Å². The van der Waals surface area contributed by atoms with Gasteiger partial charge in [0.05, 0.1) is 15.4 Å². The minimum absolute atomic E-state index is 0.0258. The summed E-state index contributed by atoms with van der Waals surface area (Å²) in [5.74, 6) is -0.334. The highest BCUT2D eigenvalue weighted by atomic mass is 16.6. The lowest BCUT2D eigenvalue weighted by Gasteiger charge is -2.35. The van der Waals surface area contributed by atoms with Crippen LogP contribution in [0.4, 0.5) is 17.1 Å². The van der Waals surface area contributed by atoms with Crippen LogP contribution in [0, 0.1) is 20.2 Å². The molecule has 2 aromatic carbocycles. The number of hydrogen-bond donors (Lipinski definition) is 1. The van der Waals surface area contributed by atoms with Crippen LogP contribution in [0.5, 0.6) is 0 Å². The van der Waals surface area contributed by atoms with Crippen molar-refractivity contribution in [3.8, 4) is 0 Å². The summed E-state index contributed by atoms with van der Waals surface area (Å²) in [4.78, 5) is 37.7. The molecule has 1 fully saturated rings. The van der Waals surface area contributed by atoms with Crippen molar-refractivity contribution in [2.45, 2.75) is 0 Å². The number of non-ortho nitro benzene ring substituents is 1. The fraction of sp³-hybridized carbons (Fsp3) is 0.222. The molecular formula is C18H16N6O5. The summed E-state index contributed by atoms with van der Waals surface area (Å²) >= 11 is 0. The molecule has 3 aromatic rings. The van der Waals surface area contributed by atoms with Gasteiger partial charge in [0, 0.05) is 49.8 Å². The Morgan fingerprint density at radius 2 is 1.72 bits per heavy atom. The minimum Gasteiger partial charge on any atom is -0.362 e. The predicted octanol–water partition coefficient (Wildman–Crippen LogP) is 2.34. The molecule has 1 saturated heterocycles. The highest BCUT2D eigenvalue weighted by molar-refractivity contribution is 6.05. The van der Waals surface area contributed by atoms with Crippen molar-refractivity contribution in [1.29, 1.82) is 0 Å². The Hall–Kier alpha value is -4.02. The van der Waals surface area contributed by atoms with Crippen LogP contribution in [-0.2, 0) is 0 Å². The SMILES string of the molecule is O=C(c1n[nH]c2ccc([N+](=O)[O-])cc12)N1CCN(c2ccccc2[N+](=O)[O-])CC1. The van der Waals surface area contributed by atoms with E-state index in [1.54, 1.807) is 23.1 Å². The van der Waals surface area contributed by atoms with E-state index in [0.29, 0.717) is 42.8 Å². The molecule has 1 aliphatic rings. The molecular weight excluding hydrogens is 380 g/mol. The topological polar surface area (TPSA) is 139 Å². The average molecular weight is 396 g/mol. The number of nitrogens with one attached hydrogen (secondary N) is 1. The van der Waals surface area contributed by atoms with Crippen molar-refractivity contribution >= 4 is 33.9 Å². The Morgan fingerprint density at radius 1 is 1.00 bits per heavy atom. The molecule has 11 nitrogen and oxygen atoms in total. The number of nitrogens with zero attached hydrogens (tertiary/aromatic N) is 5. The first-order chi connectivity index (χ1) is 14.0. The first-order valence-corrected chi connectivity index (χ1v) is 8.86. The summed E-state index contributed by atoms with van der Waals surface area (Å²) in [5, 5.41) is 29.4. The smallest absolute Gasteiger partial charge is 0.292 e.